The van der Waals surface area contributed by atoms with Crippen molar-refractivity contribution in [1.82, 2.24) is 20.2 Å². The zero-order chi connectivity index (χ0) is 17.1. The Morgan fingerprint density at radius 3 is 2.72 bits per heavy atom. The van der Waals surface area contributed by atoms with Gasteiger partial charge in [0.2, 0.25) is 0 Å². The molecule has 2 heterocycles. The molecule has 6 nitrogen and oxygen atoms in total. The lowest BCUT2D eigenvalue weighted by atomic mass is 10.2. The monoisotopic (exact) mass is 328 g/mol. The van der Waals surface area contributed by atoms with Gasteiger partial charge in [-0.05, 0) is 24.6 Å². The topological polar surface area (TPSA) is 78.8 Å². The molecule has 0 unspecified atom stereocenters. The number of fused-ring (bicyclic) bond motifs is 3. The second kappa shape index (κ2) is 6.52. The Kier molecular flexibility index (Phi) is 3.92. The molecule has 4 rings (SSSR count). The standard InChI is InChI=1S/C19H16N6/c1-13(11-12-14-7-3-2-4-8-14)22-24-19-21-18-17(23-25-19)15-9-5-6-10-16(15)20-18/h2-12H,1H3,(H2,20,21,24,25)/b12-11+,22-13-. The summed E-state index contributed by atoms with van der Waals surface area (Å²) in [5.74, 6) is 0.353. The van der Waals surface area contributed by atoms with Crippen LogP contribution in [0.3, 0.4) is 0 Å². The summed E-state index contributed by atoms with van der Waals surface area (Å²) in [4.78, 5) is 7.67. The van der Waals surface area contributed by atoms with Crippen LogP contribution in [-0.4, -0.2) is 25.9 Å². The molecule has 0 saturated heterocycles. The molecule has 0 radical (unpaired) electrons. The smallest absolute Gasteiger partial charge is 0.265 e. The highest BCUT2D eigenvalue weighted by Gasteiger charge is 2.07. The number of H-pyrrole nitrogens is 1. The summed E-state index contributed by atoms with van der Waals surface area (Å²) in [7, 11) is 0. The van der Waals surface area contributed by atoms with Crippen molar-refractivity contribution in [2.75, 3.05) is 5.43 Å². The van der Waals surface area contributed by atoms with E-state index in [2.05, 4.69) is 30.7 Å². The number of nitrogens with zero attached hydrogens (tertiary/aromatic N) is 4. The van der Waals surface area contributed by atoms with Crippen LogP contribution < -0.4 is 5.43 Å². The molecule has 6 heteroatoms. The second-order valence-corrected chi connectivity index (χ2v) is 5.61. The fourth-order valence-corrected chi connectivity index (χ4v) is 2.52. The number of benzene rings is 2. The van der Waals surface area contributed by atoms with Crippen molar-refractivity contribution in [2.24, 2.45) is 5.10 Å². The lowest BCUT2D eigenvalue weighted by Crippen LogP contribution is -2.00. The fraction of sp³-hybridized carbons (Fsp3) is 0.0526. The molecule has 0 aliphatic heterocycles. The third-order valence-electron chi connectivity index (χ3n) is 3.77. The van der Waals surface area contributed by atoms with Gasteiger partial charge in [-0.2, -0.15) is 10.1 Å². The van der Waals surface area contributed by atoms with Gasteiger partial charge in [0, 0.05) is 10.9 Å². The maximum atomic E-state index is 4.43. The van der Waals surface area contributed by atoms with Gasteiger partial charge in [0.15, 0.2) is 5.65 Å². The molecule has 0 aliphatic rings. The van der Waals surface area contributed by atoms with Gasteiger partial charge in [-0.3, -0.25) is 0 Å². The molecule has 2 aromatic heterocycles. The molecule has 2 N–H and O–H groups in total. The number of hydrazone groups is 1. The van der Waals surface area contributed by atoms with Crippen LogP contribution in [0.1, 0.15) is 12.5 Å². The van der Waals surface area contributed by atoms with Crippen molar-refractivity contribution in [1.29, 1.82) is 0 Å². The number of para-hydroxylation sites is 1. The van der Waals surface area contributed by atoms with Gasteiger partial charge >= 0.3 is 0 Å². The van der Waals surface area contributed by atoms with E-state index in [-0.39, 0.29) is 0 Å². The number of aromatic amines is 1. The number of aromatic nitrogens is 4. The summed E-state index contributed by atoms with van der Waals surface area (Å²) in [5, 5.41) is 13.6. The van der Waals surface area contributed by atoms with Crippen LogP contribution in [0.5, 0.6) is 0 Å². The third kappa shape index (κ3) is 3.23. The van der Waals surface area contributed by atoms with Crippen LogP contribution in [0.25, 0.3) is 28.1 Å². The minimum atomic E-state index is 0.353. The lowest BCUT2D eigenvalue weighted by molar-refractivity contribution is 1.01. The molecule has 4 aromatic rings. The third-order valence-corrected chi connectivity index (χ3v) is 3.77. The van der Waals surface area contributed by atoms with E-state index in [1.54, 1.807) is 0 Å². The van der Waals surface area contributed by atoms with Crippen molar-refractivity contribution >= 4 is 39.8 Å². The minimum absolute atomic E-state index is 0.353. The molecular weight excluding hydrogens is 312 g/mol. The first-order valence-corrected chi connectivity index (χ1v) is 7.94. The Morgan fingerprint density at radius 2 is 1.84 bits per heavy atom. The zero-order valence-electron chi connectivity index (χ0n) is 13.6. The van der Waals surface area contributed by atoms with Gasteiger partial charge in [-0.15, -0.1) is 10.2 Å². The van der Waals surface area contributed by atoms with Gasteiger partial charge in [0.1, 0.15) is 5.52 Å². The average molecular weight is 328 g/mol. The fourth-order valence-electron chi connectivity index (χ4n) is 2.52. The zero-order valence-corrected chi connectivity index (χ0v) is 13.6. The van der Waals surface area contributed by atoms with Gasteiger partial charge in [-0.25, -0.2) is 5.43 Å². The first-order chi connectivity index (χ1) is 12.3. The number of nitrogens with one attached hydrogen (secondary N) is 2. The molecule has 0 saturated carbocycles. The van der Waals surface area contributed by atoms with Gasteiger partial charge in [0.25, 0.3) is 5.95 Å². The van der Waals surface area contributed by atoms with Crippen LogP contribution >= 0.6 is 0 Å². The molecule has 0 aliphatic carbocycles. The van der Waals surface area contributed by atoms with Crippen molar-refractivity contribution in [3.8, 4) is 0 Å². The first-order valence-electron chi connectivity index (χ1n) is 7.94. The molecular formula is C19H16N6. The van der Waals surface area contributed by atoms with E-state index in [1.165, 1.54) is 0 Å². The first kappa shape index (κ1) is 15.0. The van der Waals surface area contributed by atoms with E-state index in [1.807, 2.05) is 73.7 Å². The van der Waals surface area contributed by atoms with E-state index in [0.29, 0.717) is 11.6 Å². The predicted molar refractivity (Wildman–Crippen MR) is 101 cm³/mol. The van der Waals surface area contributed by atoms with E-state index in [9.17, 15) is 0 Å². The molecule has 0 atom stereocenters. The minimum Gasteiger partial charge on any atom is -0.338 e. The summed E-state index contributed by atoms with van der Waals surface area (Å²) in [6, 6.07) is 18.0. The van der Waals surface area contributed by atoms with Gasteiger partial charge < -0.3 is 4.98 Å². The quantitative estimate of drug-likeness (QED) is 0.438. The highest BCUT2D eigenvalue weighted by atomic mass is 15.4. The molecule has 25 heavy (non-hydrogen) atoms. The number of rotatable bonds is 4. The highest BCUT2D eigenvalue weighted by molar-refractivity contribution is 6.03. The summed E-state index contributed by atoms with van der Waals surface area (Å²) < 4.78 is 0. The number of allylic oxidation sites excluding steroid dienone is 1. The van der Waals surface area contributed by atoms with Crippen molar-refractivity contribution in [2.45, 2.75) is 6.92 Å². The summed E-state index contributed by atoms with van der Waals surface area (Å²) >= 11 is 0. The Hall–Kier alpha value is -3.54. The summed E-state index contributed by atoms with van der Waals surface area (Å²) in [6.45, 7) is 1.90. The molecule has 0 spiro atoms. The molecule has 122 valence electrons. The number of hydrogen-bond donors (Lipinski definition) is 2. The second-order valence-electron chi connectivity index (χ2n) is 5.61. The maximum Gasteiger partial charge on any atom is 0.265 e. The summed E-state index contributed by atoms with van der Waals surface area (Å²) in [5.41, 5.74) is 7.21. The van der Waals surface area contributed by atoms with Crippen molar-refractivity contribution in [3.63, 3.8) is 0 Å². The van der Waals surface area contributed by atoms with Crippen LogP contribution in [-0.2, 0) is 0 Å². The maximum absolute atomic E-state index is 4.43. The highest BCUT2D eigenvalue weighted by Crippen LogP contribution is 2.21. The molecule has 0 bridgehead atoms. The van der Waals surface area contributed by atoms with Crippen LogP contribution in [0.15, 0.2) is 65.8 Å². The SMILES string of the molecule is CC(/C=C/c1ccccc1)=N/Nc1nnc2c(n1)[nH]c1ccccc12. The number of hydrogen-bond acceptors (Lipinski definition) is 5. The lowest BCUT2D eigenvalue weighted by Gasteiger charge is -1.98. The van der Waals surface area contributed by atoms with Crippen LogP contribution in [0.4, 0.5) is 5.95 Å². The van der Waals surface area contributed by atoms with Crippen LogP contribution in [0.2, 0.25) is 0 Å². The van der Waals surface area contributed by atoms with Gasteiger partial charge in [0.05, 0.1) is 5.71 Å². The Balaban J connectivity index is 1.54. The van der Waals surface area contributed by atoms with Crippen molar-refractivity contribution in [3.05, 3.63) is 66.2 Å². The van der Waals surface area contributed by atoms with Crippen LogP contribution in [0, 0.1) is 0 Å². The van der Waals surface area contributed by atoms with Gasteiger partial charge in [-0.1, -0.05) is 54.6 Å². The van der Waals surface area contributed by atoms with E-state index in [0.717, 1.165) is 27.7 Å². The predicted octanol–water partition coefficient (Wildman–Crippen LogP) is 4.01. The van der Waals surface area contributed by atoms with E-state index < -0.39 is 0 Å². The Morgan fingerprint density at radius 1 is 1.04 bits per heavy atom. The average Bonchev–Trinajstić information content (AvgIpc) is 3.03. The molecule has 2 aromatic carbocycles. The largest absolute Gasteiger partial charge is 0.338 e. The molecule has 0 amide bonds. The van der Waals surface area contributed by atoms with Crippen molar-refractivity contribution < 1.29 is 0 Å². The normalized spacial score (nSPS) is 12.3. The molecule has 0 fully saturated rings. The van der Waals surface area contributed by atoms with E-state index >= 15 is 0 Å². The van der Waals surface area contributed by atoms with E-state index in [4.69, 9.17) is 0 Å². The Bertz CT molecular complexity index is 1080. The Labute approximate surface area is 144 Å². The summed E-state index contributed by atoms with van der Waals surface area (Å²) in [6.07, 6.45) is 3.93. The number of anilines is 1.